The van der Waals surface area contributed by atoms with Crippen molar-refractivity contribution in [3.63, 3.8) is 0 Å². The zero-order valence-electron chi connectivity index (χ0n) is 13.1. The van der Waals surface area contributed by atoms with Gasteiger partial charge in [-0.15, -0.1) is 0 Å². The van der Waals surface area contributed by atoms with Gasteiger partial charge in [-0.25, -0.2) is 0 Å². The van der Waals surface area contributed by atoms with Gasteiger partial charge in [-0.05, 0) is 43.3 Å². The van der Waals surface area contributed by atoms with Gasteiger partial charge in [0, 0.05) is 11.3 Å². The Morgan fingerprint density at radius 2 is 1.62 bits per heavy atom. The first kappa shape index (κ1) is 18.7. The van der Waals surface area contributed by atoms with Crippen LogP contribution in [0.4, 0.5) is 5.69 Å². The van der Waals surface area contributed by atoms with E-state index < -0.39 is 9.96 Å². The normalized spacial score (nSPS) is 12.4. The quantitative estimate of drug-likeness (QED) is 0.585. The van der Waals surface area contributed by atoms with Crippen molar-refractivity contribution < 1.29 is 9.53 Å². The molecule has 24 heavy (non-hydrogen) atoms. The summed E-state index contributed by atoms with van der Waals surface area (Å²) in [6.07, 6.45) is -0.903. The molecule has 0 aliphatic carbocycles. The van der Waals surface area contributed by atoms with Gasteiger partial charge in [-0.1, -0.05) is 52.5 Å². The van der Waals surface area contributed by atoms with Crippen molar-refractivity contribution in [2.75, 3.05) is 12.4 Å². The van der Waals surface area contributed by atoms with E-state index in [-0.39, 0.29) is 5.91 Å². The molecule has 2 aromatic carbocycles. The van der Waals surface area contributed by atoms with Crippen molar-refractivity contribution in [1.29, 1.82) is 0 Å². The van der Waals surface area contributed by atoms with E-state index in [4.69, 9.17) is 39.5 Å². The van der Waals surface area contributed by atoms with Gasteiger partial charge >= 0.3 is 0 Å². The van der Waals surface area contributed by atoms with Crippen LogP contribution in [0.2, 0.25) is 0 Å². The van der Waals surface area contributed by atoms with Crippen LogP contribution >= 0.6 is 34.8 Å². The lowest BCUT2D eigenvalue weighted by Crippen LogP contribution is -2.49. The van der Waals surface area contributed by atoms with Crippen LogP contribution in [-0.2, 0) is 0 Å². The first-order valence-electron chi connectivity index (χ1n) is 7.14. The number of ether oxygens (including phenoxy) is 1. The molecule has 0 radical (unpaired) electrons. The number of rotatable bonds is 5. The molecule has 0 unspecified atom stereocenters. The van der Waals surface area contributed by atoms with Gasteiger partial charge in [0.2, 0.25) is 3.79 Å². The summed E-state index contributed by atoms with van der Waals surface area (Å²) in [5.74, 6) is 0.288. The van der Waals surface area contributed by atoms with Gasteiger partial charge in [-0.3, -0.25) is 4.79 Å². The smallest absolute Gasteiger partial charge is 0.252 e. The lowest BCUT2D eigenvalue weighted by Gasteiger charge is -2.27. The highest BCUT2D eigenvalue weighted by Gasteiger charge is 2.34. The van der Waals surface area contributed by atoms with E-state index >= 15 is 0 Å². The number of amides is 1. The maximum Gasteiger partial charge on any atom is 0.252 e. The predicted molar refractivity (Wildman–Crippen MR) is 99.3 cm³/mol. The average molecular weight is 388 g/mol. The first-order chi connectivity index (χ1) is 11.3. The molecule has 2 rings (SSSR count). The minimum absolute atomic E-state index is 0.367. The number of hydrogen-bond acceptors (Lipinski definition) is 3. The number of hydrogen-bond donors (Lipinski definition) is 2. The van der Waals surface area contributed by atoms with Crippen molar-refractivity contribution in [2.45, 2.75) is 16.9 Å². The van der Waals surface area contributed by atoms with E-state index in [2.05, 4.69) is 10.6 Å². The molecule has 4 nitrogen and oxygen atoms in total. The number of benzene rings is 2. The number of aryl methyl sites for hydroxylation is 1. The number of alkyl halides is 3. The van der Waals surface area contributed by atoms with E-state index in [9.17, 15) is 4.79 Å². The summed E-state index contributed by atoms with van der Waals surface area (Å²) >= 11 is 18.0. The Morgan fingerprint density at radius 1 is 1.04 bits per heavy atom. The molecule has 7 heteroatoms. The summed E-state index contributed by atoms with van der Waals surface area (Å²) in [6, 6.07) is 14.2. The largest absolute Gasteiger partial charge is 0.497 e. The van der Waals surface area contributed by atoms with Gasteiger partial charge in [-0.2, -0.15) is 0 Å². The van der Waals surface area contributed by atoms with Gasteiger partial charge in [0.15, 0.2) is 0 Å². The third-order valence-corrected chi connectivity index (χ3v) is 3.97. The Balaban J connectivity index is 2.13. The monoisotopic (exact) mass is 386 g/mol. The standard InChI is InChI=1S/C17H17Cl3N2O2/c1-11-3-7-13(8-4-11)21-16(17(18,19)20)22-15(23)12-5-9-14(24-2)10-6-12/h3-10,16,21H,1-2H3,(H,22,23)/t16-/m0/s1. The van der Waals surface area contributed by atoms with Crippen LogP contribution in [0.25, 0.3) is 0 Å². The number of methoxy groups -OCH3 is 1. The van der Waals surface area contributed by atoms with Crippen LogP contribution in [0.3, 0.4) is 0 Å². The Morgan fingerprint density at radius 3 is 2.12 bits per heavy atom. The van der Waals surface area contributed by atoms with Crippen molar-refractivity contribution in [3.05, 3.63) is 59.7 Å². The third kappa shape index (κ3) is 5.20. The van der Waals surface area contributed by atoms with Crippen LogP contribution in [0.15, 0.2) is 48.5 Å². The summed E-state index contributed by atoms with van der Waals surface area (Å²) in [6.45, 7) is 1.97. The summed E-state index contributed by atoms with van der Waals surface area (Å²) in [7, 11) is 1.56. The Labute approximate surface area is 156 Å². The Kier molecular flexibility index (Phi) is 6.21. The fourth-order valence-electron chi connectivity index (χ4n) is 1.97. The number of nitrogens with one attached hydrogen (secondary N) is 2. The highest BCUT2D eigenvalue weighted by molar-refractivity contribution is 6.68. The van der Waals surface area contributed by atoms with Crippen LogP contribution in [0.1, 0.15) is 15.9 Å². The topological polar surface area (TPSA) is 50.4 Å². The van der Waals surface area contributed by atoms with Gasteiger partial charge in [0.05, 0.1) is 7.11 Å². The lowest BCUT2D eigenvalue weighted by atomic mass is 10.2. The van der Waals surface area contributed by atoms with Crippen LogP contribution in [0, 0.1) is 6.92 Å². The van der Waals surface area contributed by atoms with E-state index in [0.29, 0.717) is 11.3 Å². The van der Waals surface area contributed by atoms with Crippen LogP contribution in [-0.4, -0.2) is 23.0 Å². The second-order valence-corrected chi connectivity index (χ2v) is 7.56. The number of halogens is 3. The summed E-state index contributed by atoms with van der Waals surface area (Å²) < 4.78 is 3.34. The minimum atomic E-state index is -1.73. The zero-order valence-corrected chi connectivity index (χ0v) is 15.4. The summed E-state index contributed by atoms with van der Waals surface area (Å²) in [4.78, 5) is 12.4. The molecule has 0 fully saturated rings. The highest BCUT2D eigenvalue weighted by atomic mass is 35.6. The van der Waals surface area contributed by atoms with Crippen molar-refractivity contribution in [3.8, 4) is 5.75 Å². The molecule has 1 amide bonds. The molecule has 0 aromatic heterocycles. The SMILES string of the molecule is COc1ccc(C(=O)N[C@H](Nc2ccc(C)cc2)C(Cl)(Cl)Cl)cc1. The lowest BCUT2D eigenvalue weighted by molar-refractivity contribution is 0.0942. The van der Waals surface area contributed by atoms with Crippen molar-refractivity contribution >= 4 is 46.4 Å². The molecule has 128 valence electrons. The fourth-order valence-corrected chi connectivity index (χ4v) is 2.30. The molecular weight excluding hydrogens is 371 g/mol. The molecule has 0 heterocycles. The fraction of sp³-hybridized carbons (Fsp3) is 0.235. The molecule has 2 N–H and O–H groups in total. The van der Waals surface area contributed by atoms with Gasteiger partial charge in [0.25, 0.3) is 5.91 Å². The molecule has 0 spiro atoms. The van der Waals surface area contributed by atoms with E-state index in [1.807, 2.05) is 31.2 Å². The van der Waals surface area contributed by atoms with Crippen LogP contribution in [0.5, 0.6) is 5.75 Å². The Hall–Kier alpha value is -1.62. The molecule has 0 saturated carbocycles. The number of anilines is 1. The van der Waals surface area contributed by atoms with Gasteiger partial charge in [0.1, 0.15) is 11.9 Å². The summed E-state index contributed by atoms with van der Waals surface area (Å²) in [5.41, 5.74) is 2.26. The van der Waals surface area contributed by atoms with Crippen molar-refractivity contribution in [2.24, 2.45) is 0 Å². The molecule has 0 aliphatic rings. The first-order valence-corrected chi connectivity index (χ1v) is 8.28. The maximum absolute atomic E-state index is 12.4. The second-order valence-electron chi connectivity index (χ2n) is 5.19. The molecule has 0 bridgehead atoms. The molecule has 2 aromatic rings. The number of carbonyl (C=O) groups is 1. The number of carbonyl (C=O) groups excluding carboxylic acids is 1. The average Bonchev–Trinajstić information content (AvgIpc) is 2.55. The molecule has 0 saturated heterocycles. The van der Waals surface area contributed by atoms with E-state index in [1.54, 1.807) is 31.4 Å². The molecule has 0 aliphatic heterocycles. The zero-order chi connectivity index (χ0) is 17.7. The van der Waals surface area contributed by atoms with Crippen molar-refractivity contribution in [1.82, 2.24) is 5.32 Å². The second kappa shape index (κ2) is 7.97. The van der Waals surface area contributed by atoms with Crippen LogP contribution < -0.4 is 15.4 Å². The van der Waals surface area contributed by atoms with E-state index in [1.165, 1.54) is 0 Å². The maximum atomic E-state index is 12.4. The van der Waals surface area contributed by atoms with E-state index in [0.717, 1.165) is 11.3 Å². The molecule has 1 atom stereocenters. The summed E-state index contributed by atoms with van der Waals surface area (Å²) in [5, 5.41) is 5.70. The Bertz CT molecular complexity index is 682. The van der Waals surface area contributed by atoms with Gasteiger partial charge < -0.3 is 15.4 Å². The highest BCUT2D eigenvalue weighted by Crippen LogP contribution is 2.31. The predicted octanol–water partition coefficient (Wildman–Crippen LogP) is 4.54. The minimum Gasteiger partial charge on any atom is -0.497 e. The third-order valence-electron chi connectivity index (χ3n) is 3.32. The molecular formula is C17H17Cl3N2O2.